The van der Waals surface area contributed by atoms with Crippen LogP contribution in [0.4, 0.5) is 0 Å². The number of carbonyl (C=O) groups is 2. The summed E-state index contributed by atoms with van der Waals surface area (Å²) in [5, 5.41) is 3.06. The summed E-state index contributed by atoms with van der Waals surface area (Å²) in [4.78, 5) is 25.3. The summed E-state index contributed by atoms with van der Waals surface area (Å²) in [5.41, 5.74) is 11.2. The number of hydrogen-bond acceptors (Lipinski definition) is 4. The molecule has 0 bridgehead atoms. The Morgan fingerprint density at radius 3 is 1.35 bits per heavy atom. The first-order chi connectivity index (χ1) is 18.2. The van der Waals surface area contributed by atoms with Gasteiger partial charge in [0.25, 0.3) is 0 Å². The van der Waals surface area contributed by atoms with Crippen molar-refractivity contribution in [2.45, 2.75) is 180 Å². The molecule has 0 heterocycles. The van der Waals surface area contributed by atoms with Crippen molar-refractivity contribution in [3.8, 4) is 0 Å². The van der Waals surface area contributed by atoms with Crippen molar-refractivity contribution in [2.75, 3.05) is 13.1 Å². The summed E-state index contributed by atoms with van der Waals surface area (Å²) in [5.74, 6) is 0.255. The molecule has 220 valence electrons. The molecule has 0 aliphatic heterocycles. The number of Topliss-reactive ketones (excluding diaryl/α,β-unsaturated/α-hetero) is 1. The zero-order chi connectivity index (χ0) is 27.2. The highest BCUT2D eigenvalue weighted by atomic mass is 16.2. The Hall–Kier alpha value is -0.940. The van der Waals surface area contributed by atoms with E-state index in [4.69, 9.17) is 11.5 Å². The van der Waals surface area contributed by atoms with Crippen molar-refractivity contribution in [2.24, 2.45) is 11.5 Å². The second-order valence-corrected chi connectivity index (χ2v) is 11.2. The maximum Gasteiger partial charge on any atom is 0.220 e. The lowest BCUT2D eigenvalue weighted by Crippen LogP contribution is -2.40. The summed E-state index contributed by atoms with van der Waals surface area (Å²) < 4.78 is 0. The van der Waals surface area contributed by atoms with Crippen LogP contribution in [0.15, 0.2) is 0 Å². The third-order valence-corrected chi connectivity index (χ3v) is 7.56. The minimum absolute atomic E-state index is 0.0478. The largest absolute Gasteiger partial charge is 0.346 e. The Balaban J connectivity index is 3.89. The second-order valence-electron chi connectivity index (χ2n) is 11.2. The molecule has 0 radical (unpaired) electrons. The second kappa shape index (κ2) is 29.6. The molecular weight excluding hydrogens is 458 g/mol. The highest BCUT2D eigenvalue weighted by Crippen LogP contribution is 2.14. The molecule has 0 aliphatic carbocycles. The molecule has 1 atom stereocenters. The van der Waals surface area contributed by atoms with Gasteiger partial charge in [0, 0.05) is 12.8 Å². The number of amides is 1. The fourth-order valence-electron chi connectivity index (χ4n) is 5.05. The third-order valence-electron chi connectivity index (χ3n) is 7.56. The predicted molar refractivity (Wildman–Crippen MR) is 161 cm³/mol. The van der Waals surface area contributed by atoms with Crippen molar-refractivity contribution in [3.63, 3.8) is 0 Å². The Kier molecular flexibility index (Phi) is 28.9. The highest BCUT2D eigenvalue weighted by molar-refractivity contribution is 5.88. The molecule has 5 heteroatoms. The number of carbonyl (C=O) groups excluding carboxylic acids is 2. The molecule has 0 aromatic rings. The Bertz CT molecular complexity index is 498. The van der Waals surface area contributed by atoms with Gasteiger partial charge in [-0.15, -0.1) is 0 Å². The van der Waals surface area contributed by atoms with Gasteiger partial charge in [-0.1, -0.05) is 122 Å². The van der Waals surface area contributed by atoms with Crippen molar-refractivity contribution in [3.05, 3.63) is 0 Å². The van der Waals surface area contributed by atoms with Crippen molar-refractivity contribution in [1.82, 2.24) is 5.32 Å². The molecule has 37 heavy (non-hydrogen) atoms. The number of unbranched alkanes of at least 4 members (excludes halogenated alkanes) is 20. The van der Waals surface area contributed by atoms with Gasteiger partial charge in [-0.05, 0) is 51.6 Å². The normalized spacial score (nSPS) is 12.1. The molecule has 0 unspecified atom stereocenters. The lowest BCUT2D eigenvalue weighted by atomic mass is 9.99. The molecule has 5 N–H and O–H groups in total. The summed E-state index contributed by atoms with van der Waals surface area (Å²) in [6.45, 7) is 3.70. The first kappa shape index (κ1) is 36.1. The van der Waals surface area contributed by atoms with Crippen LogP contribution < -0.4 is 16.8 Å². The molecule has 0 saturated heterocycles. The molecule has 0 aliphatic rings. The fraction of sp³-hybridized carbons (Fsp3) is 0.938. The topological polar surface area (TPSA) is 98.2 Å². The van der Waals surface area contributed by atoms with Crippen LogP contribution >= 0.6 is 0 Å². The standard InChI is InChI=1S/C32H65N3O2/c1-2-3-4-5-6-7-8-9-10-11-15-18-21-27-32(37)35-30(25-22-24-29-34)31(36)26-20-17-14-12-13-16-19-23-28-33/h30H,2-29,33-34H2,1H3,(H,35,37)/t30-/m0/s1. The van der Waals surface area contributed by atoms with Gasteiger partial charge in [-0.3, -0.25) is 9.59 Å². The van der Waals surface area contributed by atoms with Gasteiger partial charge in [0.2, 0.25) is 5.91 Å². The third kappa shape index (κ3) is 26.5. The lowest BCUT2D eigenvalue weighted by molar-refractivity contribution is -0.128. The van der Waals surface area contributed by atoms with Crippen LogP contribution in [0.25, 0.3) is 0 Å². The van der Waals surface area contributed by atoms with Gasteiger partial charge < -0.3 is 16.8 Å². The zero-order valence-corrected chi connectivity index (χ0v) is 24.8. The Morgan fingerprint density at radius 2 is 0.892 bits per heavy atom. The Morgan fingerprint density at radius 1 is 0.514 bits per heavy atom. The summed E-state index contributed by atoms with van der Waals surface area (Å²) in [7, 11) is 0. The summed E-state index contributed by atoms with van der Waals surface area (Å²) >= 11 is 0. The van der Waals surface area contributed by atoms with E-state index in [1.807, 2.05) is 0 Å². The molecule has 0 saturated carbocycles. The van der Waals surface area contributed by atoms with E-state index in [9.17, 15) is 9.59 Å². The predicted octanol–water partition coefficient (Wildman–Crippen LogP) is 8.12. The van der Waals surface area contributed by atoms with Gasteiger partial charge in [-0.25, -0.2) is 0 Å². The molecule has 0 aromatic heterocycles. The Labute approximate surface area is 231 Å². The number of nitrogens with one attached hydrogen (secondary N) is 1. The first-order valence-corrected chi connectivity index (χ1v) is 16.4. The number of hydrogen-bond donors (Lipinski definition) is 3. The van der Waals surface area contributed by atoms with Crippen LogP contribution in [0, 0.1) is 0 Å². The van der Waals surface area contributed by atoms with Crippen molar-refractivity contribution < 1.29 is 9.59 Å². The van der Waals surface area contributed by atoms with E-state index in [2.05, 4.69) is 12.2 Å². The maximum absolute atomic E-state index is 12.8. The summed E-state index contributed by atoms with van der Waals surface area (Å²) in [6.07, 6.45) is 30.0. The molecule has 0 fully saturated rings. The van der Waals surface area contributed by atoms with Crippen molar-refractivity contribution >= 4 is 11.7 Å². The number of rotatable bonds is 30. The van der Waals surface area contributed by atoms with Crippen LogP contribution in [-0.4, -0.2) is 30.8 Å². The smallest absolute Gasteiger partial charge is 0.220 e. The van der Waals surface area contributed by atoms with Crippen molar-refractivity contribution in [1.29, 1.82) is 0 Å². The minimum atomic E-state index is -0.322. The summed E-state index contributed by atoms with van der Waals surface area (Å²) in [6, 6.07) is -0.322. The van der Waals surface area contributed by atoms with Gasteiger partial charge in [0.15, 0.2) is 5.78 Å². The van der Waals surface area contributed by atoms with Gasteiger partial charge in [0.1, 0.15) is 0 Å². The molecule has 0 spiro atoms. The monoisotopic (exact) mass is 524 g/mol. The SMILES string of the molecule is CCCCCCCCCCCCCCCC(=O)N[C@@H](CCCCN)C(=O)CCCCCCCCCCN. The zero-order valence-electron chi connectivity index (χ0n) is 24.8. The lowest BCUT2D eigenvalue weighted by Gasteiger charge is -2.18. The van der Waals surface area contributed by atoms with E-state index >= 15 is 0 Å². The first-order valence-electron chi connectivity index (χ1n) is 16.4. The molecule has 5 nitrogen and oxygen atoms in total. The van der Waals surface area contributed by atoms with E-state index in [0.717, 1.165) is 57.9 Å². The number of nitrogens with two attached hydrogens (primary N) is 2. The molecular formula is C32H65N3O2. The van der Waals surface area contributed by atoms with E-state index in [-0.39, 0.29) is 17.7 Å². The molecule has 0 rings (SSSR count). The van der Waals surface area contributed by atoms with Gasteiger partial charge in [0.05, 0.1) is 6.04 Å². The van der Waals surface area contributed by atoms with Crippen LogP contribution in [0.2, 0.25) is 0 Å². The van der Waals surface area contributed by atoms with Crippen LogP contribution in [0.1, 0.15) is 174 Å². The number of ketones is 1. The maximum atomic E-state index is 12.8. The van der Waals surface area contributed by atoms with Gasteiger partial charge >= 0.3 is 0 Å². The van der Waals surface area contributed by atoms with Crippen LogP contribution in [-0.2, 0) is 9.59 Å². The molecule has 0 aromatic carbocycles. The average molecular weight is 524 g/mol. The van der Waals surface area contributed by atoms with Crippen LogP contribution in [0.3, 0.4) is 0 Å². The van der Waals surface area contributed by atoms with Gasteiger partial charge in [-0.2, -0.15) is 0 Å². The minimum Gasteiger partial charge on any atom is -0.346 e. The fourth-order valence-corrected chi connectivity index (χ4v) is 5.05. The molecule has 1 amide bonds. The van der Waals surface area contributed by atoms with E-state index < -0.39 is 0 Å². The van der Waals surface area contributed by atoms with E-state index in [0.29, 0.717) is 19.4 Å². The quantitative estimate of drug-likeness (QED) is 0.0828. The van der Waals surface area contributed by atoms with Crippen LogP contribution in [0.5, 0.6) is 0 Å². The average Bonchev–Trinajstić information content (AvgIpc) is 2.89. The van der Waals surface area contributed by atoms with E-state index in [1.165, 1.54) is 103 Å². The van der Waals surface area contributed by atoms with E-state index in [1.54, 1.807) is 0 Å². The highest BCUT2D eigenvalue weighted by Gasteiger charge is 2.19.